The summed E-state index contributed by atoms with van der Waals surface area (Å²) in [6, 6.07) is 9.26. The van der Waals surface area contributed by atoms with Crippen LogP contribution in [0.1, 0.15) is 45.0 Å². The number of pyridine rings is 1. The molecule has 1 aliphatic heterocycles. The minimum absolute atomic E-state index is 0.0156. The van der Waals surface area contributed by atoms with E-state index in [-0.39, 0.29) is 23.4 Å². The molecule has 2 aliphatic rings. The van der Waals surface area contributed by atoms with Gasteiger partial charge in [0.25, 0.3) is 17.4 Å². The van der Waals surface area contributed by atoms with Gasteiger partial charge in [-0.15, -0.1) is 0 Å². The molecule has 2 amide bonds. The molecular weight excluding hydrogens is 346 g/mol. The van der Waals surface area contributed by atoms with E-state index in [2.05, 4.69) is 10.6 Å². The molecule has 2 N–H and O–H groups in total. The summed E-state index contributed by atoms with van der Waals surface area (Å²) < 4.78 is 7.13. The van der Waals surface area contributed by atoms with Crippen molar-refractivity contribution in [3.8, 4) is 5.75 Å². The molecule has 0 radical (unpaired) electrons. The Bertz CT molecular complexity index is 962. The molecule has 1 atom stereocenters. The van der Waals surface area contributed by atoms with Gasteiger partial charge in [-0.2, -0.15) is 0 Å². The Labute approximate surface area is 156 Å². The average Bonchev–Trinajstić information content (AvgIpc) is 3.41. The van der Waals surface area contributed by atoms with Crippen molar-refractivity contribution >= 4 is 11.8 Å². The smallest absolute Gasteiger partial charge is 0.263 e. The summed E-state index contributed by atoms with van der Waals surface area (Å²) >= 11 is 0. The Morgan fingerprint density at radius 3 is 2.74 bits per heavy atom. The molecule has 0 spiro atoms. The number of benzene rings is 1. The van der Waals surface area contributed by atoms with Crippen molar-refractivity contribution in [2.75, 3.05) is 13.7 Å². The van der Waals surface area contributed by atoms with Gasteiger partial charge in [0.2, 0.25) is 0 Å². The molecular formula is C20H21N3O4. The third-order valence-electron chi connectivity index (χ3n) is 4.95. The number of para-hydroxylation sites is 1. The van der Waals surface area contributed by atoms with Crippen molar-refractivity contribution in [2.24, 2.45) is 0 Å². The summed E-state index contributed by atoms with van der Waals surface area (Å²) in [4.78, 5) is 37.4. The van der Waals surface area contributed by atoms with Gasteiger partial charge < -0.3 is 19.9 Å². The van der Waals surface area contributed by atoms with Crippen LogP contribution in [0.2, 0.25) is 0 Å². The molecule has 2 aromatic rings. The number of hydrogen-bond acceptors (Lipinski definition) is 4. The highest BCUT2D eigenvalue weighted by Crippen LogP contribution is 2.34. The highest BCUT2D eigenvalue weighted by atomic mass is 16.5. The number of carbonyl (C=O) groups excluding carboxylic acids is 2. The van der Waals surface area contributed by atoms with E-state index in [0.717, 1.165) is 24.2 Å². The van der Waals surface area contributed by atoms with Gasteiger partial charge in [0.1, 0.15) is 11.3 Å². The molecule has 4 rings (SSSR count). The van der Waals surface area contributed by atoms with Crippen molar-refractivity contribution in [1.82, 2.24) is 15.2 Å². The van der Waals surface area contributed by atoms with Crippen LogP contribution in [0.4, 0.5) is 0 Å². The molecule has 27 heavy (non-hydrogen) atoms. The second-order valence-corrected chi connectivity index (χ2v) is 6.97. The molecule has 1 aliphatic carbocycles. The van der Waals surface area contributed by atoms with Crippen LogP contribution in [-0.4, -0.2) is 36.1 Å². The van der Waals surface area contributed by atoms with Crippen LogP contribution in [0.3, 0.4) is 0 Å². The van der Waals surface area contributed by atoms with E-state index in [1.807, 2.05) is 24.3 Å². The number of carbonyl (C=O) groups is 2. The lowest BCUT2D eigenvalue weighted by Crippen LogP contribution is -2.35. The SMILES string of the molecule is CNC(=O)c1cc(C(=O)NC2CC2)cn(CC2COc3ccccc32)c1=O. The molecule has 7 heteroatoms. The third-order valence-corrected chi connectivity index (χ3v) is 4.95. The normalized spacial score (nSPS) is 17.7. The van der Waals surface area contributed by atoms with E-state index in [0.29, 0.717) is 18.7 Å². The molecule has 1 aromatic carbocycles. The summed E-state index contributed by atoms with van der Waals surface area (Å²) in [5.74, 6) is 0.0280. The highest BCUT2D eigenvalue weighted by Gasteiger charge is 2.27. The number of amides is 2. The van der Waals surface area contributed by atoms with E-state index in [1.54, 1.807) is 0 Å². The fourth-order valence-corrected chi connectivity index (χ4v) is 3.31. The topological polar surface area (TPSA) is 89.4 Å². The summed E-state index contributed by atoms with van der Waals surface area (Å²) in [6.07, 6.45) is 3.46. The van der Waals surface area contributed by atoms with Gasteiger partial charge in [0.05, 0.1) is 12.2 Å². The van der Waals surface area contributed by atoms with Crippen molar-refractivity contribution in [3.05, 3.63) is 63.6 Å². The maximum Gasteiger partial charge on any atom is 0.263 e. The van der Waals surface area contributed by atoms with Gasteiger partial charge in [0.15, 0.2) is 0 Å². The molecule has 1 unspecified atom stereocenters. The lowest BCUT2D eigenvalue weighted by atomic mass is 10.0. The zero-order valence-corrected chi connectivity index (χ0v) is 15.0. The van der Waals surface area contributed by atoms with Crippen LogP contribution in [0.15, 0.2) is 41.3 Å². The van der Waals surface area contributed by atoms with Crippen LogP contribution in [-0.2, 0) is 6.54 Å². The van der Waals surface area contributed by atoms with Gasteiger partial charge >= 0.3 is 0 Å². The van der Waals surface area contributed by atoms with Crippen molar-refractivity contribution in [1.29, 1.82) is 0 Å². The minimum atomic E-state index is -0.502. The second-order valence-electron chi connectivity index (χ2n) is 6.97. The van der Waals surface area contributed by atoms with Gasteiger partial charge in [-0.05, 0) is 25.0 Å². The van der Waals surface area contributed by atoms with Crippen molar-refractivity contribution < 1.29 is 14.3 Å². The summed E-state index contributed by atoms with van der Waals surface area (Å²) in [5.41, 5.74) is 0.890. The Morgan fingerprint density at radius 1 is 1.22 bits per heavy atom. The van der Waals surface area contributed by atoms with Gasteiger partial charge in [-0.1, -0.05) is 18.2 Å². The van der Waals surface area contributed by atoms with Crippen LogP contribution in [0, 0.1) is 0 Å². The highest BCUT2D eigenvalue weighted by molar-refractivity contribution is 5.99. The lowest BCUT2D eigenvalue weighted by Gasteiger charge is -2.15. The summed E-state index contributed by atoms with van der Waals surface area (Å²) in [7, 11) is 1.46. The van der Waals surface area contributed by atoms with Gasteiger partial charge in [-0.3, -0.25) is 14.4 Å². The number of ether oxygens (including phenoxy) is 1. The number of nitrogens with zero attached hydrogens (tertiary/aromatic N) is 1. The molecule has 140 valence electrons. The fourth-order valence-electron chi connectivity index (χ4n) is 3.31. The molecule has 1 fully saturated rings. The zero-order chi connectivity index (χ0) is 19.0. The largest absolute Gasteiger partial charge is 0.493 e. The van der Waals surface area contributed by atoms with E-state index in [9.17, 15) is 14.4 Å². The number of rotatable bonds is 5. The monoisotopic (exact) mass is 367 g/mol. The maximum absolute atomic E-state index is 12.8. The van der Waals surface area contributed by atoms with Crippen LogP contribution in [0.25, 0.3) is 0 Å². The van der Waals surface area contributed by atoms with Gasteiger partial charge in [0, 0.05) is 37.3 Å². The Hall–Kier alpha value is -3.09. The quantitative estimate of drug-likeness (QED) is 0.833. The van der Waals surface area contributed by atoms with Crippen molar-refractivity contribution in [2.45, 2.75) is 31.3 Å². The lowest BCUT2D eigenvalue weighted by molar-refractivity contribution is 0.0950. The second kappa shape index (κ2) is 6.90. The Balaban J connectivity index is 1.69. The van der Waals surface area contributed by atoms with E-state index >= 15 is 0 Å². The molecule has 1 saturated carbocycles. The molecule has 0 bridgehead atoms. The first-order valence-corrected chi connectivity index (χ1v) is 9.06. The molecule has 7 nitrogen and oxygen atoms in total. The predicted molar refractivity (Wildman–Crippen MR) is 99.3 cm³/mol. The number of nitrogens with one attached hydrogen (secondary N) is 2. The first-order valence-electron chi connectivity index (χ1n) is 9.06. The van der Waals surface area contributed by atoms with E-state index in [4.69, 9.17) is 4.74 Å². The minimum Gasteiger partial charge on any atom is -0.493 e. The van der Waals surface area contributed by atoms with Crippen LogP contribution < -0.4 is 20.9 Å². The summed E-state index contributed by atoms with van der Waals surface area (Å²) in [5, 5.41) is 5.37. The first-order chi connectivity index (χ1) is 13.1. The Morgan fingerprint density at radius 2 is 2.00 bits per heavy atom. The summed E-state index contributed by atoms with van der Waals surface area (Å²) in [6.45, 7) is 0.796. The number of aromatic nitrogens is 1. The average molecular weight is 367 g/mol. The fraction of sp³-hybridized carbons (Fsp3) is 0.350. The standard InChI is InChI=1S/C20H21N3O4/c1-21-19(25)16-8-12(18(24)22-14-6-7-14)9-23(20(16)26)10-13-11-27-17-5-3-2-4-15(13)17/h2-5,8-9,13-14H,6-7,10-11H2,1H3,(H,21,25)(H,22,24). The van der Waals surface area contributed by atoms with Crippen LogP contribution >= 0.6 is 0 Å². The number of hydrogen-bond donors (Lipinski definition) is 2. The number of fused-ring (bicyclic) bond motifs is 1. The molecule has 1 aromatic heterocycles. The molecule has 2 heterocycles. The molecule has 0 saturated heterocycles. The van der Waals surface area contributed by atoms with Gasteiger partial charge in [-0.25, -0.2) is 0 Å². The zero-order valence-electron chi connectivity index (χ0n) is 15.0. The van der Waals surface area contributed by atoms with E-state index in [1.165, 1.54) is 23.9 Å². The van der Waals surface area contributed by atoms with Crippen LogP contribution in [0.5, 0.6) is 5.75 Å². The van der Waals surface area contributed by atoms with Crippen molar-refractivity contribution in [3.63, 3.8) is 0 Å². The maximum atomic E-state index is 12.8. The Kier molecular flexibility index (Phi) is 4.43. The third kappa shape index (κ3) is 3.45. The van der Waals surface area contributed by atoms with E-state index < -0.39 is 11.5 Å². The first kappa shape index (κ1) is 17.3. The predicted octanol–water partition coefficient (Wildman–Crippen LogP) is 1.28.